The van der Waals surface area contributed by atoms with Gasteiger partial charge in [0.15, 0.2) is 0 Å². The fourth-order valence-corrected chi connectivity index (χ4v) is 4.50. The molecule has 0 saturated carbocycles. The number of carbonyl (C=O) groups is 1. The summed E-state index contributed by atoms with van der Waals surface area (Å²) in [6.07, 6.45) is 9.54. The van der Waals surface area contributed by atoms with Gasteiger partial charge in [-0.3, -0.25) is 14.2 Å². The molecule has 0 spiro atoms. The van der Waals surface area contributed by atoms with Crippen molar-refractivity contribution in [3.8, 4) is 5.69 Å². The topological polar surface area (TPSA) is 81.1 Å². The van der Waals surface area contributed by atoms with Crippen LogP contribution in [0.25, 0.3) is 5.69 Å². The second-order valence-corrected chi connectivity index (χ2v) is 7.91. The maximum absolute atomic E-state index is 13.7. The highest BCUT2D eigenvalue weighted by atomic mass is 19.1. The van der Waals surface area contributed by atoms with Gasteiger partial charge in [0, 0.05) is 43.1 Å². The number of rotatable bonds is 6. The Morgan fingerprint density at radius 3 is 2.93 bits per heavy atom. The number of ether oxygens (including phenoxy) is 1. The highest BCUT2D eigenvalue weighted by molar-refractivity contribution is 5.79. The van der Waals surface area contributed by atoms with Gasteiger partial charge in [-0.25, -0.2) is 4.68 Å². The lowest BCUT2D eigenvalue weighted by Crippen LogP contribution is -2.51. The van der Waals surface area contributed by atoms with Crippen LogP contribution in [0.1, 0.15) is 36.8 Å². The molecule has 2 fully saturated rings. The molecule has 0 aliphatic carbocycles. The van der Waals surface area contributed by atoms with Crippen LogP contribution in [-0.4, -0.2) is 53.1 Å². The van der Waals surface area contributed by atoms with E-state index in [0.717, 1.165) is 42.7 Å². The maximum atomic E-state index is 13.7. The molecular weight excluding hydrogens is 373 g/mol. The van der Waals surface area contributed by atoms with Crippen LogP contribution in [-0.2, 0) is 15.1 Å². The second-order valence-electron chi connectivity index (χ2n) is 7.91. The molecule has 29 heavy (non-hydrogen) atoms. The third-order valence-corrected chi connectivity index (χ3v) is 6.03. The molecule has 2 aromatic rings. The van der Waals surface area contributed by atoms with Crippen molar-refractivity contribution >= 4 is 5.91 Å². The van der Waals surface area contributed by atoms with E-state index in [9.17, 15) is 9.18 Å². The summed E-state index contributed by atoms with van der Waals surface area (Å²) in [5.41, 5.74) is 1.62. The van der Waals surface area contributed by atoms with Crippen molar-refractivity contribution in [2.75, 3.05) is 26.4 Å². The number of aromatic nitrogens is 3. The van der Waals surface area contributed by atoms with E-state index in [1.54, 1.807) is 23.3 Å². The molecule has 0 radical (unpaired) electrons. The summed E-state index contributed by atoms with van der Waals surface area (Å²) < 4.78 is 21.7. The fourth-order valence-electron chi connectivity index (χ4n) is 4.50. The van der Waals surface area contributed by atoms with E-state index < -0.39 is 12.3 Å². The van der Waals surface area contributed by atoms with Crippen molar-refractivity contribution in [3.05, 3.63) is 42.0 Å². The molecule has 2 atom stereocenters. The van der Waals surface area contributed by atoms with E-state index in [1.165, 1.54) is 0 Å². The number of nitrogens with one attached hydrogen (secondary N) is 2. The first-order chi connectivity index (χ1) is 14.1. The monoisotopic (exact) mass is 401 g/mol. The molecular formula is C21H28FN5O2. The second kappa shape index (κ2) is 8.59. The average molecular weight is 401 g/mol. The summed E-state index contributed by atoms with van der Waals surface area (Å²) >= 11 is 0. The highest BCUT2D eigenvalue weighted by Crippen LogP contribution is 2.42. The number of nitrogens with zero attached hydrogens (tertiary/aromatic N) is 3. The third kappa shape index (κ3) is 3.91. The van der Waals surface area contributed by atoms with Crippen LogP contribution in [0, 0.1) is 12.8 Å². The van der Waals surface area contributed by atoms with Crippen molar-refractivity contribution in [2.45, 2.75) is 44.2 Å². The molecule has 2 N–H and O–H groups in total. The number of pyridine rings is 1. The molecule has 1 amide bonds. The van der Waals surface area contributed by atoms with Gasteiger partial charge in [-0.2, -0.15) is 5.10 Å². The minimum atomic E-state index is -0.958. The number of piperidine rings is 1. The summed E-state index contributed by atoms with van der Waals surface area (Å²) in [5.74, 6) is 0.0210. The van der Waals surface area contributed by atoms with E-state index in [-0.39, 0.29) is 24.3 Å². The summed E-state index contributed by atoms with van der Waals surface area (Å²) in [6.45, 7) is 3.58. The van der Waals surface area contributed by atoms with Crippen LogP contribution in [0.3, 0.4) is 0 Å². The molecule has 2 saturated heterocycles. The van der Waals surface area contributed by atoms with Gasteiger partial charge in [-0.1, -0.05) is 0 Å². The fraction of sp³-hybridized carbons (Fsp3) is 0.571. The number of hydrogen-bond donors (Lipinski definition) is 2. The molecule has 1 unspecified atom stereocenters. The number of halogens is 1. The molecule has 4 rings (SSSR count). The number of aryl methyl sites for hydroxylation is 1. The summed E-state index contributed by atoms with van der Waals surface area (Å²) in [4.78, 5) is 17.2. The first-order valence-corrected chi connectivity index (χ1v) is 10.3. The van der Waals surface area contributed by atoms with Gasteiger partial charge in [0.25, 0.3) is 0 Å². The Morgan fingerprint density at radius 1 is 1.38 bits per heavy atom. The number of hydrogen-bond acceptors (Lipinski definition) is 5. The Bertz CT molecular complexity index is 851. The van der Waals surface area contributed by atoms with Crippen molar-refractivity contribution in [3.63, 3.8) is 0 Å². The van der Waals surface area contributed by atoms with Gasteiger partial charge < -0.3 is 15.4 Å². The summed E-state index contributed by atoms with van der Waals surface area (Å²) in [5, 5.41) is 10.9. The van der Waals surface area contributed by atoms with Crippen LogP contribution in [0.5, 0.6) is 0 Å². The van der Waals surface area contributed by atoms with Crippen LogP contribution in [0.4, 0.5) is 4.39 Å². The molecule has 2 aliphatic heterocycles. The van der Waals surface area contributed by atoms with E-state index in [1.807, 2.05) is 19.2 Å². The number of carbonyl (C=O) groups excluding carboxylic acids is 1. The zero-order valence-electron chi connectivity index (χ0n) is 16.7. The standard InChI is InChI=1S/C21H28FN5O2/c1-15-12-25-27(14-15)18-4-10-24-13-17(18)21(6-7-22)19(5-11-29-21)26-20(28)16-2-8-23-9-3-16/h4,10,12-14,16,19,23H,2-3,5-9,11H2,1H3,(H,26,28)/t19-,21?/m0/s1. The molecule has 4 heterocycles. The van der Waals surface area contributed by atoms with Crippen molar-refractivity contribution in [1.82, 2.24) is 25.4 Å². The van der Waals surface area contributed by atoms with Gasteiger partial charge in [-0.05, 0) is 50.9 Å². The van der Waals surface area contributed by atoms with Crippen LogP contribution in [0.2, 0.25) is 0 Å². The maximum Gasteiger partial charge on any atom is 0.223 e. The molecule has 2 aromatic heterocycles. The summed E-state index contributed by atoms with van der Waals surface area (Å²) in [6, 6.07) is 1.55. The predicted molar refractivity (Wildman–Crippen MR) is 106 cm³/mol. The minimum absolute atomic E-state index is 0.0120. The average Bonchev–Trinajstić information content (AvgIpc) is 3.36. The van der Waals surface area contributed by atoms with Crippen molar-refractivity contribution in [1.29, 1.82) is 0 Å². The van der Waals surface area contributed by atoms with Gasteiger partial charge in [0.05, 0.1) is 24.6 Å². The molecule has 7 nitrogen and oxygen atoms in total. The lowest BCUT2D eigenvalue weighted by Gasteiger charge is -2.36. The Hall–Kier alpha value is -2.32. The molecule has 0 aromatic carbocycles. The Labute approximate surface area is 170 Å². The zero-order chi connectivity index (χ0) is 20.3. The lowest BCUT2D eigenvalue weighted by molar-refractivity contribution is -0.128. The van der Waals surface area contributed by atoms with Crippen LogP contribution >= 0.6 is 0 Å². The number of alkyl halides is 1. The smallest absolute Gasteiger partial charge is 0.223 e. The Morgan fingerprint density at radius 2 is 2.21 bits per heavy atom. The van der Waals surface area contributed by atoms with E-state index in [2.05, 4.69) is 20.7 Å². The Kier molecular flexibility index (Phi) is 5.91. The van der Waals surface area contributed by atoms with E-state index >= 15 is 0 Å². The SMILES string of the molecule is Cc1cnn(-c2ccncc2C2(CCF)OCC[C@@H]2NC(=O)C2CCNCC2)c1. The molecule has 0 bridgehead atoms. The van der Waals surface area contributed by atoms with Crippen molar-refractivity contribution in [2.24, 2.45) is 5.92 Å². The molecule has 8 heteroatoms. The lowest BCUT2D eigenvalue weighted by atomic mass is 9.83. The largest absolute Gasteiger partial charge is 0.368 e. The first-order valence-electron chi connectivity index (χ1n) is 10.3. The quantitative estimate of drug-likeness (QED) is 0.774. The molecule has 2 aliphatic rings. The van der Waals surface area contributed by atoms with E-state index in [4.69, 9.17) is 4.74 Å². The van der Waals surface area contributed by atoms with Crippen LogP contribution in [0.15, 0.2) is 30.9 Å². The normalized spacial score (nSPS) is 25.2. The van der Waals surface area contributed by atoms with Gasteiger partial charge in [0.2, 0.25) is 5.91 Å². The molecule has 156 valence electrons. The number of amides is 1. The van der Waals surface area contributed by atoms with Gasteiger partial charge in [0.1, 0.15) is 5.60 Å². The third-order valence-electron chi connectivity index (χ3n) is 6.03. The van der Waals surface area contributed by atoms with Crippen LogP contribution < -0.4 is 10.6 Å². The van der Waals surface area contributed by atoms with Gasteiger partial charge in [-0.15, -0.1) is 0 Å². The van der Waals surface area contributed by atoms with E-state index in [0.29, 0.717) is 13.0 Å². The van der Waals surface area contributed by atoms with Crippen molar-refractivity contribution < 1.29 is 13.9 Å². The Balaban J connectivity index is 1.67. The van der Waals surface area contributed by atoms with Gasteiger partial charge >= 0.3 is 0 Å². The zero-order valence-corrected chi connectivity index (χ0v) is 16.7. The predicted octanol–water partition coefficient (Wildman–Crippen LogP) is 2.04. The first kappa shape index (κ1) is 20.0. The minimum Gasteiger partial charge on any atom is -0.368 e. The highest BCUT2D eigenvalue weighted by Gasteiger charge is 2.48. The summed E-state index contributed by atoms with van der Waals surface area (Å²) in [7, 11) is 0.